The van der Waals surface area contributed by atoms with Crippen molar-refractivity contribution in [3.05, 3.63) is 40.2 Å². The molecule has 0 amide bonds. The lowest BCUT2D eigenvalue weighted by atomic mass is 10.0. The van der Waals surface area contributed by atoms with Crippen molar-refractivity contribution >= 4 is 10.9 Å². The summed E-state index contributed by atoms with van der Waals surface area (Å²) >= 11 is 0. The summed E-state index contributed by atoms with van der Waals surface area (Å²) in [5, 5.41) is 32.3. The molecule has 0 saturated heterocycles. The maximum Gasteiger partial charge on any atom is 0.259 e. The average molecular weight is 306 g/mol. The molecule has 22 heavy (non-hydrogen) atoms. The van der Waals surface area contributed by atoms with Crippen molar-refractivity contribution in [2.75, 3.05) is 13.2 Å². The third-order valence-corrected chi connectivity index (χ3v) is 3.80. The van der Waals surface area contributed by atoms with Crippen LogP contribution < -0.4 is 10.9 Å². The van der Waals surface area contributed by atoms with Gasteiger partial charge in [0.2, 0.25) is 0 Å². The molecule has 1 aromatic heterocycles. The monoisotopic (exact) mass is 306 g/mol. The Morgan fingerprint density at radius 2 is 2.00 bits per heavy atom. The van der Waals surface area contributed by atoms with Gasteiger partial charge in [-0.2, -0.15) is 0 Å². The summed E-state index contributed by atoms with van der Waals surface area (Å²) in [5.74, 6) is -0.0382. The van der Waals surface area contributed by atoms with Gasteiger partial charge >= 0.3 is 0 Å². The number of aromatic nitrogens is 1. The van der Waals surface area contributed by atoms with Crippen LogP contribution in [-0.4, -0.2) is 39.1 Å². The van der Waals surface area contributed by atoms with E-state index in [0.717, 1.165) is 0 Å². The van der Waals surface area contributed by atoms with Crippen LogP contribution in [0.15, 0.2) is 29.1 Å². The number of aryl methyl sites for hydroxylation is 1. The summed E-state index contributed by atoms with van der Waals surface area (Å²) in [4.78, 5) is 12.6. The second-order valence-corrected chi connectivity index (χ2v) is 5.30. The highest BCUT2D eigenvalue weighted by molar-refractivity contribution is 5.86. The molecule has 0 radical (unpaired) electrons. The summed E-state index contributed by atoms with van der Waals surface area (Å²) in [6.45, 7) is 3.90. The van der Waals surface area contributed by atoms with E-state index in [4.69, 9.17) is 5.11 Å². The molecule has 4 N–H and O–H groups in total. The van der Waals surface area contributed by atoms with Crippen LogP contribution in [0.5, 0.6) is 5.75 Å². The molecule has 1 heterocycles. The Morgan fingerprint density at radius 3 is 2.64 bits per heavy atom. The molecule has 0 bridgehead atoms. The lowest BCUT2D eigenvalue weighted by Crippen LogP contribution is -2.35. The zero-order chi connectivity index (χ0) is 16.3. The first-order valence-electron chi connectivity index (χ1n) is 7.37. The number of hydrogen-bond acceptors (Lipinski definition) is 5. The van der Waals surface area contributed by atoms with Gasteiger partial charge in [0.25, 0.3) is 5.56 Å². The number of aliphatic hydroxyl groups excluding tert-OH is 2. The number of fused-ring (bicyclic) bond motifs is 1. The van der Waals surface area contributed by atoms with Crippen molar-refractivity contribution in [2.24, 2.45) is 0 Å². The molecule has 0 spiro atoms. The molecule has 0 aliphatic carbocycles. The molecule has 0 fully saturated rings. The summed E-state index contributed by atoms with van der Waals surface area (Å²) < 4.78 is 1.62. The molecule has 0 unspecified atom stereocenters. The number of para-hydroxylation sites is 1. The highest BCUT2D eigenvalue weighted by Gasteiger charge is 2.20. The summed E-state index contributed by atoms with van der Waals surface area (Å²) in [5.41, 5.74) is 0.710. The Labute approximate surface area is 128 Å². The van der Waals surface area contributed by atoms with Gasteiger partial charge in [0, 0.05) is 24.5 Å². The fourth-order valence-electron chi connectivity index (χ4n) is 2.59. The average Bonchev–Trinajstić information content (AvgIpc) is 2.53. The van der Waals surface area contributed by atoms with Crippen molar-refractivity contribution in [1.29, 1.82) is 0 Å². The molecule has 6 heteroatoms. The van der Waals surface area contributed by atoms with E-state index in [-0.39, 0.29) is 30.0 Å². The number of nitrogens with zero attached hydrogens (tertiary/aromatic N) is 1. The van der Waals surface area contributed by atoms with Gasteiger partial charge in [-0.3, -0.25) is 4.79 Å². The van der Waals surface area contributed by atoms with E-state index in [1.807, 2.05) is 19.1 Å². The first-order chi connectivity index (χ1) is 10.5. The van der Waals surface area contributed by atoms with E-state index in [2.05, 4.69) is 5.32 Å². The van der Waals surface area contributed by atoms with Gasteiger partial charge < -0.3 is 25.2 Å². The highest BCUT2D eigenvalue weighted by Crippen LogP contribution is 2.29. The van der Waals surface area contributed by atoms with Crippen LogP contribution in [0, 0.1) is 0 Å². The lowest BCUT2D eigenvalue weighted by Gasteiger charge is -2.20. The number of nitrogens with one attached hydrogen (secondary N) is 1. The number of aromatic hydroxyl groups is 1. The van der Waals surface area contributed by atoms with Crippen LogP contribution in [0.2, 0.25) is 0 Å². The second kappa shape index (κ2) is 6.91. The molecule has 6 nitrogen and oxygen atoms in total. The van der Waals surface area contributed by atoms with Gasteiger partial charge in [0.15, 0.2) is 0 Å². The molecule has 0 aliphatic rings. The molecule has 2 rings (SSSR count). The quantitative estimate of drug-likeness (QED) is 0.631. The Kier molecular flexibility index (Phi) is 5.18. The molecular weight excluding hydrogens is 284 g/mol. The van der Waals surface area contributed by atoms with E-state index in [1.165, 1.54) is 0 Å². The maximum atomic E-state index is 12.6. The Bertz CT molecular complexity index is 711. The number of rotatable bonds is 6. The molecule has 0 aliphatic heterocycles. The predicted octanol–water partition coefficient (Wildman–Crippen LogP) is 0.731. The summed E-state index contributed by atoms with van der Waals surface area (Å²) in [6, 6.07) is 6.76. The third kappa shape index (κ3) is 2.99. The minimum Gasteiger partial charge on any atom is -0.507 e. The number of benzene rings is 1. The fraction of sp³-hybridized carbons (Fsp3) is 0.438. The molecule has 120 valence electrons. The van der Waals surface area contributed by atoms with Crippen molar-refractivity contribution in [2.45, 2.75) is 32.5 Å². The maximum absolute atomic E-state index is 12.6. The number of hydrogen-bond donors (Lipinski definition) is 4. The van der Waals surface area contributed by atoms with E-state index in [0.29, 0.717) is 17.4 Å². The topological polar surface area (TPSA) is 94.7 Å². The summed E-state index contributed by atoms with van der Waals surface area (Å²) in [7, 11) is 0. The van der Waals surface area contributed by atoms with Crippen molar-refractivity contribution in [3.8, 4) is 5.75 Å². The number of aliphatic hydroxyl groups is 2. The van der Waals surface area contributed by atoms with Crippen molar-refractivity contribution in [3.63, 3.8) is 0 Å². The van der Waals surface area contributed by atoms with Crippen molar-refractivity contribution in [1.82, 2.24) is 9.88 Å². The van der Waals surface area contributed by atoms with Gasteiger partial charge in [-0.1, -0.05) is 12.1 Å². The first-order valence-corrected chi connectivity index (χ1v) is 7.37. The minimum atomic E-state index is -0.904. The normalized spacial score (nSPS) is 14.2. The number of pyridine rings is 1. The zero-order valence-corrected chi connectivity index (χ0v) is 12.8. The lowest BCUT2D eigenvalue weighted by molar-refractivity contribution is 0.0922. The van der Waals surface area contributed by atoms with Crippen LogP contribution >= 0.6 is 0 Å². The van der Waals surface area contributed by atoms with Gasteiger partial charge in [-0.25, -0.2) is 0 Å². The largest absolute Gasteiger partial charge is 0.507 e. The van der Waals surface area contributed by atoms with Gasteiger partial charge in [0.1, 0.15) is 5.75 Å². The van der Waals surface area contributed by atoms with E-state index in [9.17, 15) is 15.0 Å². The van der Waals surface area contributed by atoms with E-state index < -0.39 is 12.1 Å². The summed E-state index contributed by atoms with van der Waals surface area (Å²) in [6.07, 6.45) is -0.904. The molecular formula is C16H22N2O4. The zero-order valence-electron chi connectivity index (χ0n) is 12.8. The fourth-order valence-corrected chi connectivity index (χ4v) is 2.59. The third-order valence-electron chi connectivity index (χ3n) is 3.80. The molecule has 2 aromatic rings. The predicted molar refractivity (Wildman–Crippen MR) is 85.1 cm³/mol. The van der Waals surface area contributed by atoms with Crippen LogP contribution in [0.25, 0.3) is 10.9 Å². The van der Waals surface area contributed by atoms with Gasteiger partial charge in [-0.05, 0) is 26.0 Å². The standard InChI is InChI=1S/C16H22N2O4/c1-3-18-13-7-5-4-6-12(13)15(21)14(16(18)22)10(2)17-8-11(20)9-19/h4-7,10-11,17,19-21H,3,8-9H2,1-2H3/t10-,11-/m0/s1. The van der Waals surface area contributed by atoms with Crippen LogP contribution in [0.4, 0.5) is 0 Å². The Balaban J connectivity index is 2.51. The second-order valence-electron chi connectivity index (χ2n) is 5.30. The van der Waals surface area contributed by atoms with E-state index >= 15 is 0 Å². The minimum absolute atomic E-state index is 0.0382. The Hall–Kier alpha value is -1.89. The molecule has 0 saturated carbocycles. The smallest absolute Gasteiger partial charge is 0.259 e. The molecule has 2 atom stereocenters. The Morgan fingerprint density at radius 1 is 1.32 bits per heavy atom. The SMILES string of the molecule is CCn1c(=O)c([C@H](C)NC[C@H](O)CO)c(O)c2ccccc21. The van der Waals surface area contributed by atoms with Crippen LogP contribution in [0.1, 0.15) is 25.5 Å². The van der Waals surface area contributed by atoms with E-state index in [1.54, 1.807) is 23.6 Å². The van der Waals surface area contributed by atoms with Gasteiger partial charge in [0.05, 0.1) is 23.8 Å². The molecule has 1 aromatic carbocycles. The van der Waals surface area contributed by atoms with Gasteiger partial charge in [-0.15, -0.1) is 0 Å². The van der Waals surface area contributed by atoms with Crippen LogP contribution in [0.3, 0.4) is 0 Å². The van der Waals surface area contributed by atoms with Crippen LogP contribution in [-0.2, 0) is 6.54 Å². The first kappa shape index (κ1) is 16.5. The van der Waals surface area contributed by atoms with Crippen molar-refractivity contribution < 1.29 is 15.3 Å². The highest BCUT2D eigenvalue weighted by atomic mass is 16.3.